The van der Waals surface area contributed by atoms with E-state index in [1.54, 1.807) is 0 Å². The lowest BCUT2D eigenvalue weighted by molar-refractivity contribution is 0.106. The van der Waals surface area contributed by atoms with Crippen molar-refractivity contribution in [3.05, 3.63) is 12.7 Å². The minimum absolute atomic E-state index is 0.196. The Morgan fingerprint density at radius 1 is 1.57 bits per heavy atom. The predicted molar refractivity (Wildman–Crippen MR) is 56.2 cm³/mol. The van der Waals surface area contributed by atoms with E-state index in [1.165, 1.54) is 20.0 Å². The second kappa shape index (κ2) is 5.68. The summed E-state index contributed by atoms with van der Waals surface area (Å²) in [5.41, 5.74) is 0. The first-order valence-corrected chi connectivity index (χ1v) is 5.25. The molecule has 0 bridgehead atoms. The molecule has 14 heavy (non-hydrogen) atoms. The van der Waals surface area contributed by atoms with E-state index in [0.717, 1.165) is 25.8 Å². The van der Waals surface area contributed by atoms with Gasteiger partial charge in [0.15, 0.2) is 0 Å². The monoisotopic (exact) mass is 197 g/mol. The Labute approximate surface area is 85.7 Å². The zero-order valence-electron chi connectivity index (χ0n) is 8.87. The summed E-state index contributed by atoms with van der Waals surface area (Å²) in [4.78, 5) is 13.3. The van der Waals surface area contributed by atoms with Crippen molar-refractivity contribution >= 4 is 6.09 Å². The van der Waals surface area contributed by atoms with Crippen molar-refractivity contribution < 1.29 is 9.53 Å². The third kappa shape index (κ3) is 2.76. The van der Waals surface area contributed by atoms with Gasteiger partial charge in [-0.1, -0.05) is 18.9 Å². The Hall–Kier alpha value is -0.990. The fourth-order valence-electron chi connectivity index (χ4n) is 1.97. The van der Waals surface area contributed by atoms with Gasteiger partial charge in [0, 0.05) is 12.6 Å². The van der Waals surface area contributed by atoms with Crippen LogP contribution in [0.2, 0.25) is 0 Å². The summed E-state index contributed by atoms with van der Waals surface area (Å²) in [5.74, 6) is 0. The highest BCUT2D eigenvalue weighted by atomic mass is 16.5. The molecule has 1 atom stereocenters. The molecule has 1 amide bonds. The van der Waals surface area contributed by atoms with Gasteiger partial charge in [0.05, 0.1) is 7.11 Å². The van der Waals surface area contributed by atoms with Gasteiger partial charge in [0.1, 0.15) is 0 Å². The van der Waals surface area contributed by atoms with Gasteiger partial charge in [0.2, 0.25) is 0 Å². The number of carbonyl (C=O) groups excluding carboxylic acids is 1. The van der Waals surface area contributed by atoms with Crippen LogP contribution in [0.4, 0.5) is 4.79 Å². The summed E-state index contributed by atoms with van der Waals surface area (Å²) >= 11 is 0. The quantitative estimate of drug-likeness (QED) is 0.637. The van der Waals surface area contributed by atoms with E-state index in [9.17, 15) is 4.79 Å². The van der Waals surface area contributed by atoms with Crippen LogP contribution in [-0.2, 0) is 4.74 Å². The Kier molecular flexibility index (Phi) is 4.50. The predicted octanol–water partition coefficient (Wildman–Crippen LogP) is 2.57. The maximum atomic E-state index is 11.5. The van der Waals surface area contributed by atoms with Crippen LogP contribution < -0.4 is 0 Å². The zero-order chi connectivity index (χ0) is 10.4. The van der Waals surface area contributed by atoms with Gasteiger partial charge in [-0.15, -0.1) is 6.58 Å². The standard InChI is InChI=1S/C11H19NO2/c1-3-7-10-8-5-4-6-9-12(10)11(13)14-2/h3,10H,1,4-9H2,2H3. The summed E-state index contributed by atoms with van der Waals surface area (Å²) in [6, 6.07) is 0.294. The first-order chi connectivity index (χ1) is 6.79. The van der Waals surface area contributed by atoms with Gasteiger partial charge in [-0.25, -0.2) is 4.79 Å². The fraction of sp³-hybridized carbons (Fsp3) is 0.727. The van der Waals surface area contributed by atoms with Crippen molar-refractivity contribution in [3.63, 3.8) is 0 Å². The Bertz CT molecular complexity index is 203. The number of hydrogen-bond acceptors (Lipinski definition) is 2. The van der Waals surface area contributed by atoms with E-state index < -0.39 is 0 Å². The van der Waals surface area contributed by atoms with E-state index in [-0.39, 0.29) is 6.09 Å². The number of hydrogen-bond donors (Lipinski definition) is 0. The lowest BCUT2D eigenvalue weighted by Gasteiger charge is -2.27. The van der Waals surface area contributed by atoms with Crippen LogP contribution >= 0.6 is 0 Å². The van der Waals surface area contributed by atoms with E-state index in [2.05, 4.69) is 6.58 Å². The molecular formula is C11H19NO2. The lowest BCUT2D eigenvalue weighted by atomic mass is 10.1. The first-order valence-electron chi connectivity index (χ1n) is 5.25. The molecule has 1 rings (SSSR count). The molecular weight excluding hydrogens is 178 g/mol. The average Bonchev–Trinajstić information content (AvgIpc) is 2.43. The molecule has 3 heteroatoms. The Morgan fingerprint density at radius 3 is 3.00 bits per heavy atom. The van der Waals surface area contributed by atoms with Crippen molar-refractivity contribution in [2.75, 3.05) is 13.7 Å². The molecule has 0 saturated carbocycles. The van der Waals surface area contributed by atoms with E-state index >= 15 is 0 Å². The van der Waals surface area contributed by atoms with Crippen molar-refractivity contribution in [1.29, 1.82) is 0 Å². The molecule has 1 heterocycles. The maximum absolute atomic E-state index is 11.5. The largest absolute Gasteiger partial charge is 0.453 e. The maximum Gasteiger partial charge on any atom is 0.409 e. The molecule has 0 N–H and O–H groups in total. The second-order valence-electron chi connectivity index (χ2n) is 3.69. The van der Waals surface area contributed by atoms with Crippen molar-refractivity contribution in [1.82, 2.24) is 4.90 Å². The van der Waals surface area contributed by atoms with Crippen LogP contribution in [0, 0.1) is 0 Å². The van der Waals surface area contributed by atoms with Crippen LogP contribution in [0.1, 0.15) is 32.1 Å². The molecule has 3 nitrogen and oxygen atoms in total. The topological polar surface area (TPSA) is 29.5 Å². The average molecular weight is 197 g/mol. The van der Waals surface area contributed by atoms with Crippen LogP contribution in [0.25, 0.3) is 0 Å². The molecule has 0 aliphatic carbocycles. The summed E-state index contributed by atoms with van der Waals surface area (Å²) < 4.78 is 4.77. The summed E-state index contributed by atoms with van der Waals surface area (Å²) in [6.45, 7) is 4.55. The van der Waals surface area contributed by atoms with Gasteiger partial charge >= 0.3 is 6.09 Å². The van der Waals surface area contributed by atoms with Crippen molar-refractivity contribution in [2.24, 2.45) is 0 Å². The van der Waals surface area contributed by atoms with Crippen LogP contribution in [0.15, 0.2) is 12.7 Å². The minimum atomic E-state index is -0.196. The molecule has 1 saturated heterocycles. The highest BCUT2D eigenvalue weighted by Crippen LogP contribution is 2.20. The highest BCUT2D eigenvalue weighted by Gasteiger charge is 2.24. The summed E-state index contributed by atoms with van der Waals surface area (Å²) in [6.07, 6.45) is 7.12. The van der Waals surface area contributed by atoms with E-state index in [4.69, 9.17) is 4.74 Å². The molecule has 0 radical (unpaired) electrons. The normalized spacial score (nSPS) is 22.6. The fourth-order valence-corrected chi connectivity index (χ4v) is 1.97. The number of ether oxygens (including phenoxy) is 1. The highest BCUT2D eigenvalue weighted by molar-refractivity contribution is 5.67. The van der Waals surface area contributed by atoms with Crippen molar-refractivity contribution in [2.45, 2.75) is 38.1 Å². The SMILES string of the molecule is C=CCC1CCCCCN1C(=O)OC. The number of likely N-dealkylation sites (tertiary alicyclic amines) is 1. The first kappa shape index (κ1) is 11.1. The molecule has 1 aliphatic rings. The van der Waals surface area contributed by atoms with Crippen LogP contribution in [0.5, 0.6) is 0 Å². The molecule has 0 aromatic heterocycles. The molecule has 80 valence electrons. The van der Waals surface area contributed by atoms with Gasteiger partial charge < -0.3 is 9.64 Å². The van der Waals surface area contributed by atoms with Crippen LogP contribution in [-0.4, -0.2) is 30.7 Å². The molecule has 1 aliphatic heterocycles. The molecule has 0 aromatic rings. The number of nitrogens with zero attached hydrogens (tertiary/aromatic N) is 1. The van der Waals surface area contributed by atoms with Gasteiger partial charge in [-0.2, -0.15) is 0 Å². The molecule has 1 unspecified atom stereocenters. The van der Waals surface area contributed by atoms with Crippen molar-refractivity contribution in [3.8, 4) is 0 Å². The van der Waals surface area contributed by atoms with Gasteiger partial charge in [-0.05, 0) is 19.3 Å². The minimum Gasteiger partial charge on any atom is -0.453 e. The number of carbonyl (C=O) groups is 1. The third-order valence-corrected chi connectivity index (χ3v) is 2.73. The smallest absolute Gasteiger partial charge is 0.409 e. The van der Waals surface area contributed by atoms with Gasteiger partial charge in [-0.3, -0.25) is 0 Å². The summed E-state index contributed by atoms with van der Waals surface area (Å²) in [5, 5.41) is 0. The third-order valence-electron chi connectivity index (χ3n) is 2.73. The Morgan fingerprint density at radius 2 is 2.36 bits per heavy atom. The van der Waals surface area contributed by atoms with E-state index in [1.807, 2.05) is 11.0 Å². The number of amides is 1. The number of rotatable bonds is 2. The van der Waals surface area contributed by atoms with E-state index in [0.29, 0.717) is 6.04 Å². The zero-order valence-corrected chi connectivity index (χ0v) is 8.87. The molecule has 0 aromatic carbocycles. The molecule has 1 fully saturated rings. The molecule has 0 spiro atoms. The van der Waals surface area contributed by atoms with Crippen LogP contribution in [0.3, 0.4) is 0 Å². The Balaban J connectivity index is 2.62. The summed E-state index contributed by atoms with van der Waals surface area (Å²) in [7, 11) is 1.44. The lowest BCUT2D eigenvalue weighted by Crippen LogP contribution is -2.39. The van der Waals surface area contributed by atoms with Gasteiger partial charge in [0.25, 0.3) is 0 Å². The number of methoxy groups -OCH3 is 1. The second-order valence-corrected chi connectivity index (χ2v) is 3.69.